The number of carbonyl (C=O) groups excluding carboxylic acids is 1. The van der Waals surface area contributed by atoms with Gasteiger partial charge >= 0.3 is 0 Å². The second kappa shape index (κ2) is 5.57. The number of carbonyl (C=O) groups is 1. The molecule has 2 rings (SSSR count). The molecule has 6 heteroatoms. The lowest BCUT2D eigenvalue weighted by atomic mass is 10.1. The standard InChI is InChI=1S/C11H18N4OS/c1-14-2-3-15(5-9(4-14)11(12)16)6-10-7-17-8-13-10/h7-9H,2-6H2,1H3,(H2,12,16)/t9-/m0/s1. The van der Waals surface area contributed by atoms with Gasteiger partial charge in [-0.3, -0.25) is 9.69 Å². The lowest BCUT2D eigenvalue weighted by Gasteiger charge is -2.21. The van der Waals surface area contributed by atoms with Gasteiger partial charge in [0.05, 0.1) is 17.1 Å². The van der Waals surface area contributed by atoms with Gasteiger partial charge in [-0.1, -0.05) is 0 Å². The van der Waals surface area contributed by atoms with Crippen LogP contribution in [-0.4, -0.2) is 53.9 Å². The van der Waals surface area contributed by atoms with Crippen LogP contribution in [-0.2, 0) is 11.3 Å². The van der Waals surface area contributed by atoms with Crippen LogP contribution in [0.25, 0.3) is 0 Å². The quantitative estimate of drug-likeness (QED) is 0.824. The van der Waals surface area contributed by atoms with Gasteiger partial charge in [-0.25, -0.2) is 4.98 Å². The number of aromatic nitrogens is 1. The van der Waals surface area contributed by atoms with Gasteiger partial charge < -0.3 is 10.6 Å². The van der Waals surface area contributed by atoms with Crippen LogP contribution in [0.5, 0.6) is 0 Å². The molecule has 0 saturated carbocycles. The van der Waals surface area contributed by atoms with E-state index in [1.165, 1.54) is 0 Å². The molecule has 0 bridgehead atoms. The van der Waals surface area contributed by atoms with E-state index in [1.54, 1.807) is 11.3 Å². The van der Waals surface area contributed by atoms with E-state index in [9.17, 15) is 4.79 Å². The van der Waals surface area contributed by atoms with Crippen LogP contribution >= 0.6 is 11.3 Å². The molecule has 1 aliphatic heterocycles. The fourth-order valence-corrected chi connectivity index (χ4v) is 2.66. The minimum Gasteiger partial charge on any atom is -0.369 e. The molecule has 0 aromatic carbocycles. The normalized spacial score (nSPS) is 23.5. The number of nitrogens with two attached hydrogens (primary N) is 1. The Hall–Kier alpha value is -0.980. The summed E-state index contributed by atoms with van der Waals surface area (Å²) in [6.45, 7) is 4.22. The van der Waals surface area contributed by atoms with E-state index in [0.717, 1.165) is 38.4 Å². The number of hydrogen-bond acceptors (Lipinski definition) is 5. The maximum Gasteiger partial charge on any atom is 0.223 e. The average molecular weight is 254 g/mol. The smallest absolute Gasteiger partial charge is 0.223 e. The topological polar surface area (TPSA) is 62.5 Å². The Morgan fingerprint density at radius 3 is 3.06 bits per heavy atom. The highest BCUT2D eigenvalue weighted by Crippen LogP contribution is 2.12. The van der Waals surface area contributed by atoms with Gasteiger partial charge in [0.1, 0.15) is 0 Å². The maximum absolute atomic E-state index is 11.4. The summed E-state index contributed by atoms with van der Waals surface area (Å²) in [6, 6.07) is 0. The van der Waals surface area contributed by atoms with Crippen LogP contribution in [0.2, 0.25) is 0 Å². The number of rotatable bonds is 3. The molecule has 17 heavy (non-hydrogen) atoms. The first kappa shape index (κ1) is 12.5. The molecule has 1 aliphatic rings. The summed E-state index contributed by atoms with van der Waals surface area (Å²) in [5.41, 5.74) is 8.34. The number of likely N-dealkylation sites (N-methyl/N-ethyl adjacent to an activating group) is 1. The number of thiazole rings is 1. The number of nitrogens with zero attached hydrogens (tertiary/aromatic N) is 3. The molecule has 94 valence electrons. The fraction of sp³-hybridized carbons (Fsp3) is 0.636. The van der Waals surface area contributed by atoms with Crippen molar-refractivity contribution in [2.24, 2.45) is 11.7 Å². The monoisotopic (exact) mass is 254 g/mol. The Morgan fingerprint density at radius 2 is 2.41 bits per heavy atom. The Kier molecular flexibility index (Phi) is 4.09. The molecular weight excluding hydrogens is 236 g/mol. The van der Waals surface area contributed by atoms with E-state index in [4.69, 9.17) is 5.73 Å². The van der Waals surface area contributed by atoms with Gasteiger partial charge in [0, 0.05) is 38.1 Å². The van der Waals surface area contributed by atoms with Gasteiger partial charge in [-0.15, -0.1) is 11.3 Å². The summed E-state index contributed by atoms with van der Waals surface area (Å²) in [5, 5.41) is 2.05. The number of primary amides is 1. The highest BCUT2D eigenvalue weighted by atomic mass is 32.1. The van der Waals surface area contributed by atoms with Crippen molar-refractivity contribution in [1.29, 1.82) is 0 Å². The molecule has 1 aromatic rings. The van der Waals surface area contributed by atoms with Gasteiger partial charge in [0.2, 0.25) is 5.91 Å². The van der Waals surface area contributed by atoms with E-state index in [1.807, 2.05) is 17.9 Å². The second-order valence-electron chi connectivity index (χ2n) is 4.58. The van der Waals surface area contributed by atoms with Crippen molar-refractivity contribution in [2.75, 3.05) is 33.2 Å². The van der Waals surface area contributed by atoms with E-state index < -0.39 is 0 Å². The molecule has 5 nitrogen and oxygen atoms in total. The zero-order valence-corrected chi connectivity index (χ0v) is 10.8. The maximum atomic E-state index is 11.4. The van der Waals surface area contributed by atoms with Gasteiger partial charge in [-0.2, -0.15) is 0 Å². The third kappa shape index (κ3) is 3.49. The van der Waals surface area contributed by atoms with Crippen molar-refractivity contribution in [3.63, 3.8) is 0 Å². The molecule has 1 fully saturated rings. The van der Waals surface area contributed by atoms with Crippen molar-refractivity contribution in [3.05, 3.63) is 16.6 Å². The molecule has 0 unspecified atom stereocenters. The minimum atomic E-state index is -0.206. The lowest BCUT2D eigenvalue weighted by Crippen LogP contribution is -2.37. The molecule has 1 amide bonds. The third-order valence-corrected chi connectivity index (χ3v) is 3.72. The molecule has 1 atom stereocenters. The highest BCUT2D eigenvalue weighted by molar-refractivity contribution is 7.07. The molecule has 0 radical (unpaired) electrons. The van der Waals surface area contributed by atoms with Crippen LogP contribution < -0.4 is 5.73 Å². The first-order chi connectivity index (χ1) is 8.15. The summed E-state index contributed by atoms with van der Waals surface area (Å²) in [7, 11) is 2.03. The van der Waals surface area contributed by atoms with Gasteiger partial charge in [-0.05, 0) is 7.05 Å². The summed E-state index contributed by atoms with van der Waals surface area (Å²) in [4.78, 5) is 20.1. The Labute approximate surface area is 105 Å². The second-order valence-corrected chi connectivity index (χ2v) is 5.30. The molecule has 1 saturated heterocycles. The minimum absolute atomic E-state index is 0.0823. The zero-order valence-electron chi connectivity index (χ0n) is 10.0. The van der Waals surface area contributed by atoms with Gasteiger partial charge in [0.15, 0.2) is 0 Å². The SMILES string of the molecule is CN1CCN(Cc2cscn2)C[C@@H](C(N)=O)C1. The predicted octanol–water partition coefficient (Wildman–Crippen LogP) is -0.00800. The van der Waals surface area contributed by atoms with Crippen molar-refractivity contribution in [2.45, 2.75) is 6.54 Å². The number of hydrogen-bond donors (Lipinski definition) is 1. The lowest BCUT2D eigenvalue weighted by molar-refractivity contribution is -0.122. The third-order valence-electron chi connectivity index (χ3n) is 3.08. The summed E-state index contributed by atoms with van der Waals surface area (Å²) >= 11 is 1.60. The van der Waals surface area contributed by atoms with E-state index >= 15 is 0 Å². The van der Waals surface area contributed by atoms with E-state index in [0.29, 0.717) is 0 Å². The molecule has 2 N–H and O–H groups in total. The summed E-state index contributed by atoms with van der Waals surface area (Å²) in [5.74, 6) is -0.289. The summed E-state index contributed by atoms with van der Waals surface area (Å²) in [6.07, 6.45) is 0. The fourth-order valence-electron chi connectivity index (χ4n) is 2.11. The van der Waals surface area contributed by atoms with Crippen molar-refractivity contribution in [3.8, 4) is 0 Å². The summed E-state index contributed by atoms with van der Waals surface area (Å²) < 4.78 is 0. The molecule has 2 heterocycles. The van der Waals surface area contributed by atoms with E-state index in [2.05, 4.69) is 14.8 Å². The first-order valence-electron chi connectivity index (χ1n) is 5.72. The molecule has 0 aliphatic carbocycles. The van der Waals surface area contributed by atoms with Crippen molar-refractivity contribution >= 4 is 17.2 Å². The van der Waals surface area contributed by atoms with Crippen LogP contribution in [0.3, 0.4) is 0 Å². The Bertz CT molecular complexity index is 368. The van der Waals surface area contributed by atoms with Crippen LogP contribution in [0.15, 0.2) is 10.9 Å². The Morgan fingerprint density at radius 1 is 1.59 bits per heavy atom. The van der Waals surface area contributed by atoms with Crippen LogP contribution in [0.1, 0.15) is 5.69 Å². The van der Waals surface area contributed by atoms with E-state index in [-0.39, 0.29) is 11.8 Å². The van der Waals surface area contributed by atoms with Crippen molar-refractivity contribution < 1.29 is 4.79 Å². The van der Waals surface area contributed by atoms with Gasteiger partial charge in [0.25, 0.3) is 0 Å². The predicted molar refractivity (Wildman–Crippen MR) is 67.6 cm³/mol. The van der Waals surface area contributed by atoms with Crippen molar-refractivity contribution in [1.82, 2.24) is 14.8 Å². The largest absolute Gasteiger partial charge is 0.369 e. The molecular formula is C11H18N4OS. The average Bonchev–Trinajstić information content (AvgIpc) is 2.70. The van der Waals surface area contributed by atoms with Crippen LogP contribution in [0.4, 0.5) is 0 Å². The first-order valence-corrected chi connectivity index (χ1v) is 6.66. The Balaban J connectivity index is 1.99. The number of amides is 1. The van der Waals surface area contributed by atoms with Crippen LogP contribution in [0, 0.1) is 5.92 Å². The highest BCUT2D eigenvalue weighted by Gasteiger charge is 2.24. The zero-order chi connectivity index (χ0) is 12.3. The molecule has 0 spiro atoms. The molecule has 1 aromatic heterocycles.